The smallest absolute Gasteiger partial charge is 0.228 e. The van der Waals surface area contributed by atoms with Crippen LogP contribution in [0.5, 0.6) is 0 Å². The fourth-order valence-corrected chi connectivity index (χ4v) is 1.95. The molecule has 0 bridgehead atoms. The molecule has 0 saturated carbocycles. The van der Waals surface area contributed by atoms with E-state index in [1.807, 2.05) is 6.92 Å². The minimum absolute atomic E-state index is 0.0171. The summed E-state index contributed by atoms with van der Waals surface area (Å²) >= 11 is 0. The van der Waals surface area contributed by atoms with Crippen LogP contribution in [0.2, 0.25) is 0 Å². The number of nitrogens with zero attached hydrogens (tertiary/aromatic N) is 2. The molecule has 0 aliphatic carbocycles. The van der Waals surface area contributed by atoms with Gasteiger partial charge in [-0.05, 0) is 6.42 Å². The summed E-state index contributed by atoms with van der Waals surface area (Å²) in [4.78, 5) is 3.98. The Morgan fingerprint density at radius 2 is 2.19 bits per heavy atom. The van der Waals surface area contributed by atoms with Crippen molar-refractivity contribution in [3.05, 3.63) is 11.7 Å². The molecule has 0 spiro atoms. The van der Waals surface area contributed by atoms with Gasteiger partial charge in [0.05, 0.1) is 0 Å². The SMILES string of the molecule is CCCC(N)Cc1nc(CS(C)(=O)=O)no1. The molecule has 0 amide bonds. The van der Waals surface area contributed by atoms with Gasteiger partial charge in [0.15, 0.2) is 15.7 Å². The summed E-state index contributed by atoms with van der Waals surface area (Å²) in [7, 11) is -3.12. The predicted octanol–water partition coefficient (Wildman–Crippen LogP) is 0.284. The first-order valence-electron chi connectivity index (χ1n) is 5.15. The second-order valence-electron chi connectivity index (χ2n) is 3.93. The Morgan fingerprint density at radius 1 is 1.50 bits per heavy atom. The molecular formula is C9H17N3O3S. The average Bonchev–Trinajstić information content (AvgIpc) is 2.49. The van der Waals surface area contributed by atoms with Crippen molar-refractivity contribution < 1.29 is 12.9 Å². The first-order chi connectivity index (χ1) is 7.40. The highest BCUT2D eigenvalue weighted by Crippen LogP contribution is 2.06. The van der Waals surface area contributed by atoms with Gasteiger partial charge in [-0.25, -0.2) is 8.42 Å². The van der Waals surface area contributed by atoms with Gasteiger partial charge in [-0.15, -0.1) is 0 Å². The summed E-state index contributed by atoms with van der Waals surface area (Å²) in [6, 6.07) is -0.0171. The molecule has 1 heterocycles. The van der Waals surface area contributed by atoms with Crippen molar-refractivity contribution in [3.8, 4) is 0 Å². The van der Waals surface area contributed by atoms with Gasteiger partial charge in [0.2, 0.25) is 5.89 Å². The number of rotatable bonds is 6. The van der Waals surface area contributed by atoms with E-state index in [1.54, 1.807) is 0 Å². The Balaban J connectivity index is 2.58. The molecule has 92 valence electrons. The highest BCUT2D eigenvalue weighted by atomic mass is 32.2. The van der Waals surface area contributed by atoms with Crippen LogP contribution >= 0.6 is 0 Å². The standard InChI is InChI=1S/C9H17N3O3S/c1-3-4-7(10)5-9-11-8(12-15-9)6-16(2,13)14/h7H,3-6,10H2,1-2H3. The van der Waals surface area contributed by atoms with Crippen LogP contribution < -0.4 is 5.73 Å². The van der Waals surface area contributed by atoms with Gasteiger partial charge in [0.1, 0.15) is 5.75 Å². The fraction of sp³-hybridized carbons (Fsp3) is 0.778. The zero-order valence-corrected chi connectivity index (χ0v) is 10.3. The Bertz CT molecular complexity index is 427. The van der Waals surface area contributed by atoms with Crippen LogP contribution in [0.1, 0.15) is 31.5 Å². The first-order valence-corrected chi connectivity index (χ1v) is 7.21. The lowest BCUT2D eigenvalue weighted by Gasteiger charge is -2.05. The second kappa shape index (κ2) is 5.40. The Labute approximate surface area is 95.1 Å². The summed E-state index contributed by atoms with van der Waals surface area (Å²) in [6.45, 7) is 2.04. The van der Waals surface area contributed by atoms with Crippen LogP contribution in [0.25, 0.3) is 0 Å². The molecule has 1 aromatic rings. The monoisotopic (exact) mass is 247 g/mol. The number of nitrogens with two attached hydrogens (primary N) is 1. The predicted molar refractivity (Wildman–Crippen MR) is 59.4 cm³/mol. The van der Waals surface area contributed by atoms with E-state index in [1.165, 1.54) is 0 Å². The molecule has 1 unspecified atom stereocenters. The summed E-state index contributed by atoms with van der Waals surface area (Å²) < 4.78 is 26.9. The van der Waals surface area contributed by atoms with E-state index in [-0.39, 0.29) is 17.6 Å². The zero-order valence-electron chi connectivity index (χ0n) is 9.51. The summed E-state index contributed by atoms with van der Waals surface area (Å²) in [5.41, 5.74) is 5.81. The molecule has 1 rings (SSSR count). The van der Waals surface area contributed by atoms with Crippen molar-refractivity contribution >= 4 is 9.84 Å². The summed E-state index contributed by atoms with van der Waals surface area (Å²) in [5, 5.41) is 3.59. The Hall–Kier alpha value is -0.950. The normalized spacial score (nSPS) is 13.9. The highest BCUT2D eigenvalue weighted by Gasteiger charge is 2.14. The topological polar surface area (TPSA) is 99.1 Å². The summed E-state index contributed by atoms with van der Waals surface area (Å²) in [6.07, 6.45) is 3.49. The van der Waals surface area contributed by atoms with Crippen molar-refractivity contribution in [3.63, 3.8) is 0 Å². The summed E-state index contributed by atoms with van der Waals surface area (Å²) in [5.74, 6) is 0.403. The van der Waals surface area contributed by atoms with E-state index in [0.717, 1.165) is 19.1 Å². The van der Waals surface area contributed by atoms with E-state index in [9.17, 15) is 8.42 Å². The molecule has 2 N–H and O–H groups in total. The van der Waals surface area contributed by atoms with Crippen LogP contribution in [0.15, 0.2) is 4.52 Å². The molecule has 7 heteroatoms. The maximum absolute atomic E-state index is 11.0. The molecule has 16 heavy (non-hydrogen) atoms. The van der Waals surface area contributed by atoms with Crippen molar-refractivity contribution in [2.45, 2.75) is 38.0 Å². The minimum atomic E-state index is -3.12. The van der Waals surface area contributed by atoms with Gasteiger partial charge in [-0.3, -0.25) is 0 Å². The average molecular weight is 247 g/mol. The lowest BCUT2D eigenvalue weighted by molar-refractivity contribution is 0.362. The van der Waals surface area contributed by atoms with E-state index in [0.29, 0.717) is 12.3 Å². The van der Waals surface area contributed by atoms with Crippen LogP contribution in [0.4, 0.5) is 0 Å². The second-order valence-corrected chi connectivity index (χ2v) is 6.07. The van der Waals surface area contributed by atoms with E-state index in [2.05, 4.69) is 10.1 Å². The third-order valence-electron chi connectivity index (χ3n) is 2.00. The van der Waals surface area contributed by atoms with Crippen LogP contribution in [0.3, 0.4) is 0 Å². The quantitative estimate of drug-likeness (QED) is 0.775. The van der Waals surface area contributed by atoms with E-state index >= 15 is 0 Å². The number of sulfone groups is 1. The number of hydrogen-bond acceptors (Lipinski definition) is 6. The maximum atomic E-state index is 11.0. The molecule has 0 aliphatic rings. The molecule has 0 saturated heterocycles. The molecule has 0 fully saturated rings. The van der Waals surface area contributed by atoms with Crippen molar-refractivity contribution in [2.75, 3.05) is 6.26 Å². The van der Waals surface area contributed by atoms with Gasteiger partial charge in [0.25, 0.3) is 0 Å². The van der Waals surface area contributed by atoms with Gasteiger partial charge in [0, 0.05) is 18.7 Å². The Kier molecular flexibility index (Phi) is 4.43. The molecule has 6 nitrogen and oxygen atoms in total. The van der Waals surface area contributed by atoms with Gasteiger partial charge in [-0.1, -0.05) is 18.5 Å². The molecule has 1 aromatic heterocycles. The number of hydrogen-bond donors (Lipinski definition) is 1. The largest absolute Gasteiger partial charge is 0.339 e. The molecule has 0 aliphatic heterocycles. The van der Waals surface area contributed by atoms with Crippen LogP contribution in [-0.4, -0.2) is 30.9 Å². The van der Waals surface area contributed by atoms with Gasteiger partial charge < -0.3 is 10.3 Å². The van der Waals surface area contributed by atoms with E-state index in [4.69, 9.17) is 10.3 Å². The van der Waals surface area contributed by atoms with Gasteiger partial charge >= 0.3 is 0 Å². The third kappa shape index (κ3) is 4.71. The van der Waals surface area contributed by atoms with Crippen molar-refractivity contribution in [2.24, 2.45) is 5.73 Å². The van der Waals surface area contributed by atoms with Crippen LogP contribution in [0, 0.1) is 0 Å². The van der Waals surface area contributed by atoms with Crippen LogP contribution in [-0.2, 0) is 22.0 Å². The van der Waals surface area contributed by atoms with Crippen molar-refractivity contribution in [1.82, 2.24) is 10.1 Å². The molecule has 0 radical (unpaired) electrons. The molecule has 1 atom stereocenters. The lowest BCUT2D eigenvalue weighted by Crippen LogP contribution is -2.22. The minimum Gasteiger partial charge on any atom is -0.339 e. The first kappa shape index (κ1) is 13.1. The van der Waals surface area contributed by atoms with Crippen molar-refractivity contribution in [1.29, 1.82) is 0 Å². The zero-order chi connectivity index (χ0) is 12.2. The number of aromatic nitrogens is 2. The maximum Gasteiger partial charge on any atom is 0.228 e. The molecule has 0 aromatic carbocycles. The van der Waals surface area contributed by atoms with Gasteiger partial charge in [-0.2, -0.15) is 4.98 Å². The fourth-order valence-electron chi connectivity index (χ4n) is 1.36. The molecular weight excluding hydrogens is 230 g/mol. The lowest BCUT2D eigenvalue weighted by atomic mass is 10.1. The van der Waals surface area contributed by atoms with E-state index < -0.39 is 9.84 Å². The Morgan fingerprint density at radius 3 is 2.75 bits per heavy atom. The third-order valence-corrected chi connectivity index (χ3v) is 2.78. The highest BCUT2D eigenvalue weighted by molar-refractivity contribution is 7.89.